The summed E-state index contributed by atoms with van der Waals surface area (Å²) in [6, 6.07) is 15.0. The Labute approximate surface area is 143 Å². The van der Waals surface area contributed by atoms with E-state index in [2.05, 4.69) is 21.2 Å². The molecule has 5 heteroatoms. The Morgan fingerprint density at radius 1 is 1.17 bits per heavy atom. The molecule has 0 fully saturated rings. The Morgan fingerprint density at radius 2 is 1.91 bits per heavy atom. The maximum absolute atomic E-state index is 12.5. The number of aromatic nitrogens is 1. The Bertz CT molecular complexity index is 840. The van der Waals surface area contributed by atoms with Gasteiger partial charge in [-0.2, -0.15) is 0 Å². The fraction of sp³-hybridized carbons (Fsp3) is 0.167. The second kappa shape index (κ2) is 6.46. The Morgan fingerprint density at radius 3 is 2.61 bits per heavy atom. The first kappa shape index (κ1) is 15.6. The van der Waals surface area contributed by atoms with Crippen molar-refractivity contribution in [1.29, 1.82) is 0 Å². The van der Waals surface area contributed by atoms with Gasteiger partial charge < -0.3 is 14.6 Å². The molecule has 0 aliphatic carbocycles. The molecule has 0 saturated heterocycles. The van der Waals surface area contributed by atoms with Crippen molar-refractivity contribution in [1.82, 2.24) is 4.57 Å². The Balaban J connectivity index is 1.83. The van der Waals surface area contributed by atoms with Gasteiger partial charge in [0, 0.05) is 27.3 Å². The molecule has 118 valence electrons. The van der Waals surface area contributed by atoms with Gasteiger partial charge >= 0.3 is 0 Å². The Kier molecular flexibility index (Phi) is 4.39. The molecule has 0 saturated carbocycles. The van der Waals surface area contributed by atoms with Crippen molar-refractivity contribution in [3.8, 4) is 5.75 Å². The Hall–Kier alpha value is -2.27. The predicted octanol–water partition coefficient (Wildman–Crippen LogP) is 4.61. The number of hydrogen-bond acceptors (Lipinski definition) is 2. The largest absolute Gasteiger partial charge is 0.497 e. The number of rotatable bonds is 4. The first-order valence-electron chi connectivity index (χ1n) is 7.29. The first-order valence-corrected chi connectivity index (χ1v) is 8.09. The summed E-state index contributed by atoms with van der Waals surface area (Å²) in [5.41, 5.74) is 1.78. The number of benzene rings is 2. The molecule has 0 aliphatic heterocycles. The van der Waals surface area contributed by atoms with E-state index in [1.807, 2.05) is 66.2 Å². The highest BCUT2D eigenvalue weighted by Crippen LogP contribution is 2.25. The number of amides is 1. The molecule has 1 amide bonds. The number of carbonyl (C=O) groups excluding carboxylic acids is 1. The minimum Gasteiger partial charge on any atom is -0.497 e. The molecule has 0 spiro atoms. The lowest BCUT2D eigenvalue weighted by Crippen LogP contribution is -2.23. The molecule has 1 N–H and O–H groups in total. The number of nitrogens with zero attached hydrogens (tertiary/aromatic N) is 1. The number of anilines is 1. The molecule has 3 rings (SSSR count). The zero-order valence-corrected chi connectivity index (χ0v) is 14.5. The number of carbonyl (C=O) groups is 1. The summed E-state index contributed by atoms with van der Waals surface area (Å²) in [5.74, 6) is 0.753. The SMILES string of the molecule is COc1ccc2c(ccn2C(C)C(=O)Nc2ccc(Br)cc2)c1. The minimum atomic E-state index is -0.315. The van der Waals surface area contributed by atoms with Gasteiger partial charge in [-0.05, 0) is 55.5 Å². The van der Waals surface area contributed by atoms with E-state index in [1.165, 1.54) is 0 Å². The third kappa shape index (κ3) is 3.24. The first-order chi connectivity index (χ1) is 11.1. The summed E-state index contributed by atoms with van der Waals surface area (Å²) in [6.45, 7) is 1.89. The molecule has 23 heavy (non-hydrogen) atoms. The summed E-state index contributed by atoms with van der Waals surface area (Å²) in [5, 5.41) is 3.99. The standard InChI is InChI=1S/C18H17BrN2O2/c1-12(18(22)20-15-5-3-14(19)4-6-15)21-10-9-13-11-16(23-2)7-8-17(13)21/h3-12H,1-2H3,(H,20,22). The fourth-order valence-electron chi connectivity index (χ4n) is 2.51. The van der Waals surface area contributed by atoms with Crippen LogP contribution < -0.4 is 10.1 Å². The maximum Gasteiger partial charge on any atom is 0.247 e. The van der Waals surface area contributed by atoms with E-state index in [9.17, 15) is 4.79 Å². The molecule has 2 aromatic carbocycles. The summed E-state index contributed by atoms with van der Waals surface area (Å²) < 4.78 is 8.18. The van der Waals surface area contributed by atoms with Crippen molar-refractivity contribution in [2.45, 2.75) is 13.0 Å². The van der Waals surface area contributed by atoms with E-state index in [0.29, 0.717) is 0 Å². The van der Waals surface area contributed by atoms with Crippen molar-refractivity contribution in [2.75, 3.05) is 12.4 Å². The minimum absolute atomic E-state index is 0.0550. The number of halogens is 1. The van der Waals surface area contributed by atoms with Crippen LogP contribution in [0.15, 0.2) is 59.2 Å². The molecule has 4 nitrogen and oxygen atoms in total. The van der Waals surface area contributed by atoms with Crippen LogP contribution in [0.1, 0.15) is 13.0 Å². The molecule has 1 atom stereocenters. The predicted molar refractivity (Wildman–Crippen MR) is 96.0 cm³/mol. The summed E-state index contributed by atoms with van der Waals surface area (Å²) in [4.78, 5) is 12.5. The van der Waals surface area contributed by atoms with Crippen LogP contribution in [0.25, 0.3) is 10.9 Å². The number of ether oxygens (including phenoxy) is 1. The van der Waals surface area contributed by atoms with Crippen LogP contribution in [-0.2, 0) is 4.79 Å². The van der Waals surface area contributed by atoms with Gasteiger partial charge in [0.2, 0.25) is 5.91 Å². The monoisotopic (exact) mass is 372 g/mol. The average molecular weight is 373 g/mol. The number of methoxy groups -OCH3 is 1. The van der Waals surface area contributed by atoms with E-state index < -0.39 is 0 Å². The van der Waals surface area contributed by atoms with E-state index in [0.717, 1.165) is 26.8 Å². The molecular weight excluding hydrogens is 356 g/mol. The highest BCUT2D eigenvalue weighted by molar-refractivity contribution is 9.10. The van der Waals surface area contributed by atoms with Crippen LogP contribution in [0.5, 0.6) is 5.75 Å². The highest BCUT2D eigenvalue weighted by Gasteiger charge is 2.17. The van der Waals surface area contributed by atoms with E-state index >= 15 is 0 Å². The zero-order chi connectivity index (χ0) is 16.4. The van der Waals surface area contributed by atoms with Crippen LogP contribution in [0.3, 0.4) is 0 Å². The van der Waals surface area contributed by atoms with Crippen LogP contribution in [0.2, 0.25) is 0 Å². The topological polar surface area (TPSA) is 43.3 Å². The van der Waals surface area contributed by atoms with Gasteiger partial charge in [-0.25, -0.2) is 0 Å². The van der Waals surface area contributed by atoms with Crippen LogP contribution >= 0.6 is 15.9 Å². The molecule has 1 unspecified atom stereocenters. The fourth-order valence-corrected chi connectivity index (χ4v) is 2.78. The van der Waals surface area contributed by atoms with E-state index in [4.69, 9.17) is 4.74 Å². The quantitative estimate of drug-likeness (QED) is 0.726. The normalized spacial score (nSPS) is 12.1. The van der Waals surface area contributed by atoms with Crippen LogP contribution in [0.4, 0.5) is 5.69 Å². The number of hydrogen-bond donors (Lipinski definition) is 1. The van der Waals surface area contributed by atoms with Crippen molar-refractivity contribution < 1.29 is 9.53 Å². The van der Waals surface area contributed by atoms with Gasteiger partial charge in [-0.1, -0.05) is 15.9 Å². The average Bonchev–Trinajstić information content (AvgIpc) is 2.99. The van der Waals surface area contributed by atoms with Gasteiger partial charge in [0.1, 0.15) is 11.8 Å². The van der Waals surface area contributed by atoms with Crippen molar-refractivity contribution in [3.05, 3.63) is 59.2 Å². The molecule has 0 aliphatic rings. The molecular formula is C18H17BrN2O2. The van der Waals surface area contributed by atoms with Crippen molar-refractivity contribution in [2.24, 2.45) is 0 Å². The second-order valence-electron chi connectivity index (χ2n) is 5.32. The smallest absolute Gasteiger partial charge is 0.247 e. The highest BCUT2D eigenvalue weighted by atomic mass is 79.9. The molecule has 1 heterocycles. The van der Waals surface area contributed by atoms with Crippen LogP contribution in [0, 0.1) is 0 Å². The number of fused-ring (bicyclic) bond motifs is 1. The summed E-state index contributed by atoms with van der Waals surface area (Å²) in [6.07, 6.45) is 1.93. The summed E-state index contributed by atoms with van der Waals surface area (Å²) in [7, 11) is 1.65. The molecule has 3 aromatic rings. The second-order valence-corrected chi connectivity index (χ2v) is 6.24. The van der Waals surface area contributed by atoms with Crippen molar-refractivity contribution >= 4 is 38.4 Å². The van der Waals surface area contributed by atoms with Gasteiger partial charge in [0.05, 0.1) is 7.11 Å². The molecule has 0 radical (unpaired) electrons. The third-order valence-electron chi connectivity index (χ3n) is 3.84. The molecule has 1 aromatic heterocycles. The van der Waals surface area contributed by atoms with E-state index in [-0.39, 0.29) is 11.9 Å². The van der Waals surface area contributed by atoms with Gasteiger partial charge in [0.25, 0.3) is 0 Å². The molecule has 0 bridgehead atoms. The van der Waals surface area contributed by atoms with Gasteiger partial charge in [0.15, 0.2) is 0 Å². The maximum atomic E-state index is 12.5. The zero-order valence-electron chi connectivity index (χ0n) is 12.9. The van der Waals surface area contributed by atoms with Crippen LogP contribution in [-0.4, -0.2) is 17.6 Å². The van der Waals surface area contributed by atoms with Crippen molar-refractivity contribution in [3.63, 3.8) is 0 Å². The van der Waals surface area contributed by atoms with Gasteiger partial charge in [-0.15, -0.1) is 0 Å². The lowest BCUT2D eigenvalue weighted by atomic mass is 10.2. The van der Waals surface area contributed by atoms with Gasteiger partial charge in [-0.3, -0.25) is 4.79 Å². The van der Waals surface area contributed by atoms with E-state index in [1.54, 1.807) is 7.11 Å². The number of nitrogens with one attached hydrogen (secondary N) is 1. The summed E-state index contributed by atoms with van der Waals surface area (Å²) >= 11 is 3.38. The lowest BCUT2D eigenvalue weighted by molar-refractivity contribution is -0.118. The third-order valence-corrected chi connectivity index (χ3v) is 4.36. The lowest BCUT2D eigenvalue weighted by Gasteiger charge is -2.15.